The number of hydrogen-bond donors (Lipinski definition) is 0. The number of rotatable bonds is 14. The van der Waals surface area contributed by atoms with Crippen LogP contribution >= 0.6 is 85.5 Å². The minimum Gasteiger partial charge on any atom is -0.363 e. The highest BCUT2D eigenvalue weighted by Gasteiger charge is 2.38. The molecule has 0 saturated heterocycles. The molecule has 2 aromatic heterocycles. The Balaban J connectivity index is 0.000000266. The summed E-state index contributed by atoms with van der Waals surface area (Å²) < 4.78 is 143. The highest BCUT2D eigenvalue weighted by atomic mass is 79.9. The van der Waals surface area contributed by atoms with Gasteiger partial charge in [0.1, 0.15) is 23.8 Å². The van der Waals surface area contributed by atoms with Crippen molar-refractivity contribution in [2.24, 2.45) is 0 Å². The molecule has 0 saturated carbocycles. The van der Waals surface area contributed by atoms with Gasteiger partial charge in [0.15, 0.2) is 0 Å². The molecule has 75 heavy (non-hydrogen) atoms. The maximum absolute atomic E-state index is 13.5. The van der Waals surface area contributed by atoms with E-state index in [9.17, 15) is 52.8 Å². The monoisotopic (exact) mass is 1270 g/mol. The van der Waals surface area contributed by atoms with Gasteiger partial charge in [-0.3, -0.25) is 14.4 Å². The van der Waals surface area contributed by atoms with Gasteiger partial charge in [-0.2, -0.15) is 26.3 Å². The third-order valence-electron chi connectivity index (χ3n) is 9.95. The number of ketones is 1. The smallest absolute Gasteiger partial charge is 0.363 e. The van der Waals surface area contributed by atoms with Gasteiger partial charge in [-0.1, -0.05) is 93.9 Å². The first-order valence-corrected chi connectivity index (χ1v) is 26.4. The predicted octanol–water partition coefficient (Wildman–Crippen LogP) is 13.6. The maximum atomic E-state index is 13.5. The van der Waals surface area contributed by atoms with E-state index in [4.69, 9.17) is 83.9 Å². The second-order valence-corrected chi connectivity index (χ2v) is 21.9. The minimum atomic E-state index is -4.91. The van der Waals surface area contributed by atoms with Crippen LogP contribution in [0.3, 0.4) is 0 Å². The Morgan fingerprint density at radius 3 is 1.47 bits per heavy atom. The van der Waals surface area contributed by atoms with Crippen LogP contribution in [0.5, 0.6) is 0 Å². The number of halogens is 13. The second-order valence-electron chi connectivity index (χ2n) is 15.0. The summed E-state index contributed by atoms with van der Waals surface area (Å²) >= 11 is 38.4. The lowest BCUT2D eigenvalue weighted by Crippen LogP contribution is -2.34. The SMILES string of the molecule is COCN(c1cc(Cl)cnc1Br)S(=O)(=O)c1ccc(Cl)c(C(F)(F)F)c1.COCN(c1cc(Cl)cnc1C(=O)c1cccc(C)c1Cl)S(=O)(=O)c1ccc(Cl)c(C(F)(F)F)c1.CON(C)C(=O)c1cccc(C)c1Cl. The van der Waals surface area contributed by atoms with Gasteiger partial charge in [0.05, 0.1) is 75.1 Å². The van der Waals surface area contributed by atoms with Gasteiger partial charge in [0, 0.05) is 39.2 Å². The van der Waals surface area contributed by atoms with E-state index >= 15 is 0 Å². The molecule has 14 nitrogen and oxygen atoms in total. The zero-order chi connectivity index (χ0) is 56.5. The van der Waals surface area contributed by atoms with E-state index in [-0.39, 0.29) is 48.2 Å². The maximum Gasteiger partial charge on any atom is 0.417 e. The van der Waals surface area contributed by atoms with Gasteiger partial charge in [-0.15, -0.1) is 0 Å². The van der Waals surface area contributed by atoms with Crippen molar-refractivity contribution in [2.45, 2.75) is 36.0 Å². The summed E-state index contributed by atoms with van der Waals surface area (Å²) in [7, 11) is -3.78. The van der Waals surface area contributed by atoms with Crippen molar-refractivity contribution in [3.63, 3.8) is 0 Å². The molecule has 0 spiro atoms. The number of anilines is 2. The fourth-order valence-corrected chi connectivity index (χ4v) is 10.7. The average molecular weight is 1280 g/mol. The van der Waals surface area contributed by atoms with Crippen LogP contribution in [0.15, 0.2) is 112 Å². The Kier molecular flexibility index (Phi) is 22.0. The molecule has 0 aliphatic carbocycles. The number of carbonyl (C=O) groups is 2. The molecule has 0 radical (unpaired) electrons. The first-order valence-electron chi connectivity index (χ1n) is 20.5. The molecule has 2 heterocycles. The Morgan fingerprint density at radius 2 is 1.03 bits per heavy atom. The van der Waals surface area contributed by atoms with Gasteiger partial charge in [0.2, 0.25) is 5.78 Å². The normalized spacial score (nSPS) is 11.7. The van der Waals surface area contributed by atoms with Gasteiger partial charge in [-0.05, 0) is 102 Å². The summed E-state index contributed by atoms with van der Waals surface area (Å²) in [6, 6.07) is 16.9. The van der Waals surface area contributed by atoms with Crippen LogP contribution in [-0.2, 0) is 46.7 Å². The van der Waals surface area contributed by atoms with Gasteiger partial charge >= 0.3 is 12.4 Å². The van der Waals surface area contributed by atoms with Gasteiger partial charge in [0.25, 0.3) is 26.0 Å². The highest BCUT2D eigenvalue weighted by Crippen LogP contribution is 2.40. The van der Waals surface area contributed by atoms with Crippen LogP contribution < -0.4 is 8.61 Å². The number of sulfonamides is 2. The number of pyridine rings is 2. The summed E-state index contributed by atoms with van der Waals surface area (Å²) in [5.41, 5.74) is -1.30. The molecule has 0 atom stereocenters. The first kappa shape index (κ1) is 63.0. The van der Waals surface area contributed by atoms with E-state index in [1.54, 1.807) is 38.2 Å². The molecule has 0 N–H and O–H groups in total. The number of hydrogen-bond acceptors (Lipinski definition) is 11. The lowest BCUT2D eigenvalue weighted by Gasteiger charge is -2.25. The standard InChI is InChI=1S/C22H16Cl3F3N2O4S.C14H10BrCl2F3N2O3S.C10H12ClNO2/c1-12-4-3-5-15(19(12)25)21(31)20-18(8-13(23)10-29-20)30(11-34-2)35(32,33)14-6-7-17(24)16(9-14)22(26,27)28;1-25-7-22(12-4-8(16)6-21-13(12)15)26(23,24)9-2-3-11(17)10(5-9)14(18,19)20;1-7-5-4-6-8(9(7)11)10(13)12(2)14-3/h3-10H,11H2,1-2H3;2-6H,7H2,1H3;4-6H,1-3H3. The molecule has 6 rings (SSSR count). The quantitative estimate of drug-likeness (QED) is 0.0335. The third kappa shape index (κ3) is 15.4. The number of aromatic nitrogens is 2. The van der Waals surface area contributed by atoms with Crippen LogP contribution in [0.4, 0.5) is 37.7 Å². The number of alkyl halides is 6. The first-order chi connectivity index (χ1) is 34.8. The molecule has 0 unspecified atom stereocenters. The summed E-state index contributed by atoms with van der Waals surface area (Å²) in [5.74, 6) is -0.977. The van der Waals surface area contributed by atoms with Crippen LogP contribution in [0.2, 0.25) is 30.1 Å². The van der Waals surface area contributed by atoms with Crippen molar-refractivity contribution in [1.82, 2.24) is 15.0 Å². The molecule has 6 aromatic rings. The average Bonchev–Trinajstić information content (AvgIpc) is 3.34. The number of hydroxylamine groups is 2. The van der Waals surface area contributed by atoms with Crippen molar-refractivity contribution in [3.8, 4) is 0 Å². The van der Waals surface area contributed by atoms with Crippen molar-refractivity contribution in [1.29, 1.82) is 0 Å². The topological polar surface area (TPSA) is 166 Å². The van der Waals surface area contributed by atoms with Crippen LogP contribution in [-0.4, -0.2) is 85.4 Å². The fourth-order valence-electron chi connectivity index (χ4n) is 6.19. The van der Waals surface area contributed by atoms with E-state index in [1.807, 2.05) is 13.0 Å². The largest absolute Gasteiger partial charge is 0.417 e. The van der Waals surface area contributed by atoms with E-state index in [2.05, 4.69) is 25.9 Å². The number of methoxy groups -OCH3 is 2. The molecule has 0 aliphatic heterocycles. The molecule has 4 aromatic carbocycles. The number of aryl methyl sites for hydroxylation is 2. The molecule has 1 amide bonds. The van der Waals surface area contributed by atoms with Crippen LogP contribution in [0.1, 0.15) is 48.7 Å². The Hall–Kier alpha value is -4.50. The second kappa shape index (κ2) is 26.2. The molecule has 0 fully saturated rings. The Morgan fingerprint density at radius 1 is 0.613 bits per heavy atom. The Labute approximate surface area is 465 Å². The van der Waals surface area contributed by atoms with E-state index in [0.29, 0.717) is 32.6 Å². The number of nitrogens with zero attached hydrogens (tertiary/aromatic N) is 5. The Bertz CT molecular complexity index is 3310. The molecular formula is C46H38BrCl6F6N5O9S2. The summed E-state index contributed by atoms with van der Waals surface area (Å²) in [6.45, 7) is 2.38. The summed E-state index contributed by atoms with van der Waals surface area (Å²) in [5, 5.41) is 0.558. The third-order valence-corrected chi connectivity index (χ3v) is 16.1. The summed E-state index contributed by atoms with van der Waals surface area (Å²) in [6.07, 6.45) is -7.32. The molecule has 404 valence electrons. The van der Waals surface area contributed by atoms with Crippen molar-refractivity contribution < 1.29 is 67.1 Å². The van der Waals surface area contributed by atoms with E-state index < -0.39 is 82.6 Å². The molecular weight excluding hydrogens is 1240 g/mol. The number of carbonyl (C=O) groups excluding carboxylic acids is 2. The molecule has 0 aliphatic rings. The van der Waals surface area contributed by atoms with Crippen molar-refractivity contribution in [2.75, 3.05) is 50.4 Å². The van der Waals surface area contributed by atoms with Crippen molar-refractivity contribution in [3.05, 3.63) is 171 Å². The molecule has 29 heteroatoms. The van der Waals surface area contributed by atoms with Crippen LogP contribution in [0.25, 0.3) is 0 Å². The number of amides is 1. The number of ether oxygens (including phenoxy) is 2. The van der Waals surface area contributed by atoms with E-state index in [0.717, 1.165) is 51.5 Å². The zero-order valence-corrected chi connectivity index (χ0v) is 47.0. The van der Waals surface area contributed by atoms with Gasteiger partial charge < -0.3 is 9.47 Å². The molecule has 0 bridgehead atoms. The van der Waals surface area contributed by atoms with Crippen LogP contribution in [0, 0.1) is 13.8 Å². The highest BCUT2D eigenvalue weighted by molar-refractivity contribution is 9.10. The fraction of sp³-hybridized carbons (Fsp3) is 0.217. The van der Waals surface area contributed by atoms with Gasteiger partial charge in [-0.25, -0.2) is 40.5 Å². The lowest BCUT2D eigenvalue weighted by atomic mass is 10.0. The van der Waals surface area contributed by atoms with Crippen molar-refractivity contribution >= 4 is 129 Å². The minimum absolute atomic E-state index is 0.00265. The predicted molar refractivity (Wildman–Crippen MR) is 277 cm³/mol. The lowest BCUT2D eigenvalue weighted by molar-refractivity contribution is -0.138. The zero-order valence-electron chi connectivity index (χ0n) is 39.3. The number of benzene rings is 4. The summed E-state index contributed by atoms with van der Waals surface area (Å²) in [4.78, 5) is 36.3. The van der Waals surface area contributed by atoms with E-state index in [1.165, 1.54) is 39.7 Å².